The Balaban J connectivity index is 1.77. The highest BCUT2D eigenvalue weighted by molar-refractivity contribution is 5.97. The van der Waals surface area contributed by atoms with E-state index in [0.29, 0.717) is 18.1 Å². The molecule has 0 amide bonds. The molecule has 0 bridgehead atoms. The number of benzene rings is 1. The molecule has 0 saturated heterocycles. The maximum absolute atomic E-state index is 12.0. The molecular formula is C21H24O6. The molecule has 0 N–H and O–H groups in total. The predicted octanol–water partition coefficient (Wildman–Crippen LogP) is 3.77. The first-order chi connectivity index (χ1) is 13.0. The van der Waals surface area contributed by atoms with E-state index in [2.05, 4.69) is 13.8 Å². The van der Waals surface area contributed by atoms with Crippen LogP contribution in [0, 0.1) is 5.92 Å². The molecule has 0 aliphatic heterocycles. The maximum atomic E-state index is 12.0. The molecule has 0 atom stereocenters. The second kappa shape index (κ2) is 10.3. The van der Waals surface area contributed by atoms with Gasteiger partial charge in [-0.1, -0.05) is 44.2 Å². The summed E-state index contributed by atoms with van der Waals surface area (Å²) in [6, 6.07) is 10.0. The number of rotatable bonds is 10. The summed E-state index contributed by atoms with van der Waals surface area (Å²) in [6.45, 7) is 4.40. The van der Waals surface area contributed by atoms with E-state index >= 15 is 0 Å². The lowest BCUT2D eigenvalue weighted by Gasteiger charge is -2.08. The van der Waals surface area contributed by atoms with Crippen molar-refractivity contribution in [2.45, 2.75) is 39.7 Å². The lowest BCUT2D eigenvalue weighted by Crippen LogP contribution is -2.12. The van der Waals surface area contributed by atoms with Gasteiger partial charge in [0.25, 0.3) is 0 Å². The van der Waals surface area contributed by atoms with E-state index in [1.54, 1.807) is 24.3 Å². The van der Waals surface area contributed by atoms with Gasteiger partial charge < -0.3 is 13.9 Å². The van der Waals surface area contributed by atoms with Gasteiger partial charge in [-0.05, 0) is 12.3 Å². The molecule has 0 unspecified atom stereocenters. The van der Waals surface area contributed by atoms with Crippen molar-refractivity contribution in [3.8, 4) is 5.75 Å². The van der Waals surface area contributed by atoms with E-state index in [9.17, 15) is 14.4 Å². The van der Waals surface area contributed by atoms with Crippen LogP contribution in [0.2, 0.25) is 0 Å². The molecule has 6 nitrogen and oxygen atoms in total. The van der Waals surface area contributed by atoms with Gasteiger partial charge in [0.1, 0.15) is 18.6 Å². The summed E-state index contributed by atoms with van der Waals surface area (Å²) < 4.78 is 15.7. The molecule has 0 saturated carbocycles. The van der Waals surface area contributed by atoms with E-state index in [1.165, 1.54) is 12.3 Å². The van der Waals surface area contributed by atoms with Crippen molar-refractivity contribution >= 4 is 11.8 Å². The molecule has 0 fully saturated rings. The molecule has 144 valence electrons. The minimum absolute atomic E-state index is 0.0334. The van der Waals surface area contributed by atoms with Crippen LogP contribution in [-0.4, -0.2) is 18.4 Å². The molecule has 0 radical (unpaired) electrons. The van der Waals surface area contributed by atoms with Gasteiger partial charge >= 0.3 is 5.97 Å². The summed E-state index contributed by atoms with van der Waals surface area (Å²) in [7, 11) is 0. The van der Waals surface area contributed by atoms with Gasteiger partial charge in [0.2, 0.25) is 11.2 Å². The number of ketones is 1. The number of hydrogen-bond acceptors (Lipinski definition) is 6. The van der Waals surface area contributed by atoms with Crippen LogP contribution in [0.3, 0.4) is 0 Å². The van der Waals surface area contributed by atoms with Crippen molar-refractivity contribution < 1.29 is 23.5 Å². The Hall–Kier alpha value is -2.89. The summed E-state index contributed by atoms with van der Waals surface area (Å²) in [5.41, 5.74) is 0.236. The molecule has 0 spiro atoms. The zero-order valence-electron chi connectivity index (χ0n) is 15.6. The van der Waals surface area contributed by atoms with Crippen LogP contribution in [0.5, 0.6) is 5.75 Å². The summed E-state index contributed by atoms with van der Waals surface area (Å²) in [5.74, 6) is 0.184. The molecule has 1 aromatic carbocycles. The predicted molar refractivity (Wildman–Crippen MR) is 99.7 cm³/mol. The van der Waals surface area contributed by atoms with Gasteiger partial charge in [0, 0.05) is 18.1 Å². The lowest BCUT2D eigenvalue weighted by molar-refractivity contribution is -0.145. The van der Waals surface area contributed by atoms with Crippen molar-refractivity contribution in [3.05, 3.63) is 64.2 Å². The van der Waals surface area contributed by atoms with Crippen LogP contribution in [0.25, 0.3) is 0 Å². The van der Waals surface area contributed by atoms with Gasteiger partial charge in [-0.2, -0.15) is 0 Å². The zero-order chi connectivity index (χ0) is 19.6. The largest absolute Gasteiger partial charge is 0.487 e. The second-order valence-corrected chi connectivity index (χ2v) is 6.56. The van der Waals surface area contributed by atoms with E-state index in [4.69, 9.17) is 13.9 Å². The summed E-state index contributed by atoms with van der Waals surface area (Å²) in [6.07, 6.45) is 2.09. The van der Waals surface area contributed by atoms with Crippen molar-refractivity contribution in [3.63, 3.8) is 0 Å². The molecule has 1 aromatic heterocycles. The quantitative estimate of drug-likeness (QED) is 0.466. The molecular weight excluding hydrogens is 348 g/mol. The van der Waals surface area contributed by atoms with Crippen LogP contribution in [0.4, 0.5) is 0 Å². The van der Waals surface area contributed by atoms with Crippen molar-refractivity contribution in [1.82, 2.24) is 0 Å². The van der Waals surface area contributed by atoms with Gasteiger partial charge in [0.05, 0.1) is 13.0 Å². The van der Waals surface area contributed by atoms with E-state index in [1.807, 2.05) is 6.07 Å². The number of Topliss-reactive ketones (excluding diaryl/α,β-unsaturated/α-hetero) is 1. The minimum atomic E-state index is -0.529. The number of carbonyl (C=O) groups excluding carboxylic acids is 2. The Morgan fingerprint density at radius 3 is 2.52 bits per heavy atom. The van der Waals surface area contributed by atoms with Crippen molar-refractivity contribution in [2.24, 2.45) is 5.92 Å². The number of carbonyl (C=O) groups is 2. The van der Waals surface area contributed by atoms with E-state index in [-0.39, 0.29) is 42.2 Å². The fourth-order valence-corrected chi connectivity index (χ4v) is 2.23. The Morgan fingerprint density at radius 2 is 1.85 bits per heavy atom. The molecule has 2 aromatic rings. The Kier molecular flexibility index (Phi) is 7.79. The lowest BCUT2D eigenvalue weighted by atomic mass is 10.1. The Bertz CT molecular complexity index is 807. The van der Waals surface area contributed by atoms with Crippen LogP contribution >= 0.6 is 0 Å². The smallest absolute Gasteiger partial charge is 0.306 e. The highest BCUT2D eigenvalue weighted by Crippen LogP contribution is 2.10. The second-order valence-electron chi connectivity index (χ2n) is 6.56. The SMILES string of the molecule is CC(C)CCOc1coc(COC(=O)CCC(=O)c2ccccc2)cc1=O. The molecule has 6 heteroatoms. The van der Waals surface area contributed by atoms with Crippen molar-refractivity contribution in [1.29, 1.82) is 0 Å². The first-order valence-electron chi connectivity index (χ1n) is 8.94. The summed E-state index contributed by atoms with van der Waals surface area (Å²) in [4.78, 5) is 35.7. The van der Waals surface area contributed by atoms with Gasteiger partial charge in [-0.3, -0.25) is 14.4 Å². The zero-order valence-corrected chi connectivity index (χ0v) is 15.6. The van der Waals surface area contributed by atoms with Gasteiger partial charge in [0.15, 0.2) is 5.78 Å². The fraction of sp³-hybridized carbons (Fsp3) is 0.381. The van der Waals surface area contributed by atoms with Gasteiger partial charge in [-0.15, -0.1) is 0 Å². The molecule has 1 heterocycles. The van der Waals surface area contributed by atoms with Crippen LogP contribution < -0.4 is 10.2 Å². The third-order valence-corrected chi connectivity index (χ3v) is 3.83. The number of ether oxygens (including phenoxy) is 2. The molecule has 0 aliphatic carbocycles. The molecule has 2 rings (SSSR count). The molecule has 27 heavy (non-hydrogen) atoms. The number of hydrogen-bond donors (Lipinski definition) is 0. The Morgan fingerprint density at radius 1 is 1.11 bits per heavy atom. The van der Waals surface area contributed by atoms with Crippen LogP contribution in [0.1, 0.15) is 49.2 Å². The van der Waals surface area contributed by atoms with Crippen molar-refractivity contribution in [2.75, 3.05) is 6.61 Å². The van der Waals surface area contributed by atoms with Crippen LogP contribution in [-0.2, 0) is 16.1 Å². The number of esters is 1. The Labute approximate surface area is 158 Å². The van der Waals surface area contributed by atoms with Gasteiger partial charge in [-0.25, -0.2) is 0 Å². The average molecular weight is 372 g/mol. The summed E-state index contributed by atoms with van der Waals surface area (Å²) >= 11 is 0. The van der Waals surface area contributed by atoms with E-state index in [0.717, 1.165) is 6.42 Å². The normalized spacial score (nSPS) is 10.6. The average Bonchev–Trinajstić information content (AvgIpc) is 2.66. The fourth-order valence-electron chi connectivity index (χ4n) is 2.23. The highest BCUT2D eigenvalue weighted by Gasteiger charge is 2.11. The standard InChI is InChI=1S/C21H24O6/c1-15(2)10-11-25-20-14-26-17(12-19(20)23)13-27-21(24)9-8-18(22)16-6-4-3-5-7-16/h3-7,12,14-15H,8-11,13H2,1-2H3. The van der Waals surface area contributed by atoms with Crippen LogP contribution in [0.15, 0.2) is 51.9 Å². The first-order valence-corrected chi connectivity index (χ1v) is 8.94. The summed E-state index contributed by atoms with van der Waals surface area (Å²) in [5, 5.41) is 0. The topological polar surface area (TPSA) is 82.8 Å². The molecule has 0 aliphatic rings. The third-order valence-electron chi connectivity index (χ3n) is 3.83. The maximum Gasteiger partial charge on any atom is 0.306 e. The first kappa shape index (κ1) is 20.4. The monoisotopic (exact) mass is 372 g/mol. The third kappa shape index (κ3) is 7.09. The highest BCUT2D eigenvalue weighted by atomic mass is 16.5. The minimum Gasteiger partial charge on any atom is -0.487 e. The van der Waals surface area contributed by atoms with E-state index < -0.39 is 5.97 Å².